The third-order valence-electron chi connectivity index (χ3n) is 3.65. The summed E-state index contributed by atoms with van der Waals surface area (Å²) >= 11 is 0. The van der Waals surface area contributed by atoms with E-state index in [1.165, 1.54) is 32.1 Å². The highest BCUT2D eigenvalue weighted by atomic mass is 16.6. The SMILES string of the molecule is CCCOC1C(O)CC1OC1CCCCC1. The third-order valence-corrected chi connectivity index (χ3v) is 3.65. The Kier molecular flexibility index (Phi) is 4.62. The summed E-state index contributed by atoms with van der Waals surface area (Å²) in [7, 11) is 0. The Morgan fingerprint density at radius 3 is 2.56 bits per heavy atom. The van der Waals surface area contributed by atoms with Gasteiger partial charge in [-0.2, -0.15) is 0 Å². The molecule has 3 nitrogen and oxygen atoms in total. The molecule has 0 aromatic heterocycles. The van der Waals surface area contributed by atoms with E-state index in [4.69, 9.17) is 9.47 Å². The zero-order chi connectivity index (χ0) is 11.4. The van der Waals surface area contributed by atoms with E-state index in [0.29, 0.717) is 6.10 Å². The molecule has 0 amide bonds. The summed E-state index contributed by atoms with van der Waals surface area (Å²) in [6.07, 6.45) is 8.25. The van der Waals surface area contributed by atoms with Crippen LogP contribution in [0.2, 0.25) is 0 Å². The van der Waals surface area contributed by atoms with Crippen molar-refractivity contribution in [1.29, 1.82) is 0 Å². The van der Waals surface area contributed by atoms with Crippen molar-refractivity contribution < 1.29 is 14.6 Å². The van der Waals surface area contributed by atoms with Crippen LogP contribution in [0.3, 0.4) is 0 Å². The monoisotopic (exact) mass is 228 g/mol. The average molecular weight is 228 g/mol. The highest BCUT2D eigenvalue weighted by molar-refractivity contribution is 4.92. The second-order valence-corrected chi connectivity index (χ2v) is 5.07. The van der Waals surface area contributed by atoms with Crippen molar-refractivity contribution in [2.24, 2.45) is 0 Å². The summed E-state index contributed by atoms with van der Waals surface area (Å²) in [5.74, 6) is 0. The third kappa shape index (κ3) is 2.96. The van der Waals surface area contributed by atoms with Crippen molar-refractivity contribution >= 4 is 0 Å². The van der Waals surface area contributed by atoms with Gasteiger partial charge in [-0.3, -0.25) is 0 Å². The largest absolute Gasteiger partial charge is 0.390 e. The lowest BCUT2D eigenvalue weighted by Gasteiger charge is -2.43. The Morgan fingerprint density at radius 1 is 1.19 bits per heavy atom. The standard InChI is InChI=1S/C13H24O3/c1-2-8-15-13-11(14)9-12(13)16-10-6-4-3-5-7-10/h10-14H,2-9H2,1H3. The van der Waals surface area contributed by atoms with Crippen LogP contribution in [0.15, 0.2) is 0 Å². The second kappa shape index (κ2) is 5.99. The lowest BCUT2D eigenvalue weighted by molar-refractivity contribution is -0.210. The van der Waals surface area contributed by atoms with E-state index in [2.05, 4.69) is 6.92 Å². The zero-order valence-corrected chi connectivity index (χ0v) is 10.2. The highest BCUT2D eigenvalue weighted by Gasteiger charge is 2.42. The molecule has 0 aromatic rings. The van der Waals surface area contributed by atoms with Gasteiger partial charge in [0.25, 0.3) is 0 Å². The summed E-state index contributed by atoms with van der Waals surface area (Å²) in [5.41, 5.74) is 0. The maximum Gasteiger partial charge on any atom is 0.110 e. The van der Waals surface area contributed by atoms with Crippen LogP contribution in [0.5, 0.6) is 0 Å². The van der Waals surface area contributed by atoms with Crippen molar-refractivity contribution in [1.82, 2.24) is 0 Å². The first kappa shape index (κ1) is 12.3. The van der Waals surface area contributed by atoms with Gasteiger partial charge >= 0.3 is 0 Å². The van der Waals surface area contributed by atoms with E-state index in [1.54, 1.807) is 0 Å². The first-order valence-corrected chi connectivity index (χ1v) is 6.76. The molecule has 0 aliphatic heterocycles. The molecule has 2 fully saturated rings. The quantitative estimate of drug-likeness (QED) is 0.784. The predicted octanol–water partition coefficient (Wildman–Crippen LogP) is 2.26. The van der Waals surface area contributed by atoms with Crippen molar-refractivity contribution in [3.8, 4) is 0 Å². The van der Waals surface area contributed by atoms with Gasteiger partial charge in [0.05, 0.1) is 18.3 Å². The van der Waals surface area contributed by atoms with Gasteiger partial charge in [0.1, 0.15) is 6.10 Å². The van der Waals surface area contributed by atoms with Crippen LogP contribution in [0, 0.1) is 0 Å². The number of aliphatic hydroxyl groups excluding tert-OH is 1. The van der Waals surface area contributed by atoms with E-state index in [-0.39, 0.29) is 18.3 Å². The molecule has 3 unspecified atom stereocenters. The van der Waals surface area contributed by atoms with Crippen molar-refractivity contribution in [2.75, 3.05) is 6.61 Å². The molecule has 2 rings (SSSR count). The summed E-state index contributed by atoms with van der Waals surface area (Å²) in [4.78, 5) is 0. The second-order valence-electron chi connectivity index (χ2n) is 5.07. The van der Waals surface area contributed by atoms with Crippen molar-refractivity contribution in [3.63, 3.8) is 0 Å². The Morgan fingerprint density at radius 2 is 1.94 bits per heavy atom. The molecule has 3 heteroatoms. The summed E-state index contributed by atoms with van der Waals surface area (Å²) in [6, 6.07) is 0. The molecular formula is C13H24O3. The highest BCUT2D eigenvalue weighted by Crippen LogP contribution is 2.31. The van der Waals surface area contributed by atoms with Gasteiger partial charge in [-0.15, -0.1) is 0 Å². The van der Waals surface area contributed by atoms with Crippen LogP contribution in [0.25, 0.3) is 0 Å². The molecule has 2 aliphatic carbocycles. The Labute approximate surface area is 98.1 Å². The van der Waals surface area contributed by atoms with E-state index in [9.17, 15) is 5.11 Å². The van der Waals surface area contributed by atoms with Crippen LogP contribution in [0.4, 0.5) is 0 Å². The number of hydrogen-bond acceptors (Lipinski definition) is 3. The molecule has 2 saturated carbocycles. The van der Waals surface area contributed by atoms with Crippen LogP contribution in [-0.4, -0.2) is 36.1 Å². The number of ether oxygens (including phenoxy) is 2. The van der Waals surface area contributed by atoms with Crippen LogP contribution in [0.1, 0.15) is 51.9 Å². The summed E-state index contributed by atoms with van der Waals surface area (Å²) < 4.78 is 11.6. The predicted molar refractivity (Wildman–Crippen MR) is 62.4 cm³/mol. The molecule has 16 heavy (non-hydrogen) atoms. The van der Waals surface area contributed by atoms with E-state index < -0.39 is 0 Å². The van der Waals surface area contributed by atoms with E-state index in [1.807, 2.05) is 0 Å². The molecule has 1 N–H and O–H groups in total. The number of hydrogen-bond donors (Lipinski definition) is 1. The molecule has 2 aliphatic rings. The van der Waals surface area contributed by atoms with Crippen molar-refractivity contribution in [2.45, 2.75) is 76.3 Å². The van der Waals surface area contributed by atoms with Crippen LogP contribution >= 0.6 is 0 Å². The first-order chi connectivity index (χ1) is 7.81. The molecule has 0 spiro atoms. The molecule has 0 radical (unpaired) electrons. The van der Waals surface area contributed by atoms with Crippen LogP contribution < -0.4 is 0 Å². The lowest BCUT2D eigenvalue weighted by Crippen LogP contribution is -2.55. The lowest BCUT2D eigenvalue weighted by atomic mass is 9.87. The van der Waals surface area contributed by atoms with Gasteiger partial charge in [0, 0.05) is 13.0 Å². The van der Waals surface area contributed by atoms with Gasteiger partial charge in [0.2, 0.25) is 0 Å². The first-order valence-electron chi connectivity index (χ1n) is 6.76. The fourth-order valence-corrected chi connectivity index (χ4v) is 2.61. The zero-order valence-electron chi connectivity index (χ0n) is 10.2. The van der Waals surface area contributed by atoms with E-state index in [0.717, 1.165) is 19.4 Å². The maximum absolute atomic E-state index is 9.63. The minimum Gasteiger partial charge on any atom is -0.390 e. The fourth-order valence-electron chi connectivity index (χ4n) is 2.61. The van der Waals surface area contributed by atoms with Gasteiger partial charge in [0.15, 0.2) is 0 Å². The normalized spacial score (nSPS) is 36.0. The summed E-state index contributed by atoms with van der Waals surface area (Å²) in [6.45, 7) is 2.81. The number of rotatable bonds is 5. The molecule has 0 bridgehead atoms. The molecular weight excluding hydrogens is 204 g/mol. The fraction of sp³-hybridized carbons (Fsp3) is 1.00. The molecule has 94 valence electrons. The molecule has 3 atom stereocenters. The molecule has 0 heterocycles. The van der Waals surface area contributed by atoms with Crippen LogP contribution in [-0.2, 0) is 9.47 Å². The van der Waals surface area contributed by atoms with Gasteiger partial charge in [-0.25, -0.2) is 0 Å². The van der Waals surface area contributed by atoms with Crippen molar-refractivity contribution in [3.05, 3.63) is 0 Å². The van der Waals surface area contributed by atoms with Gasteiger partial charge < -0.3 is 14.6 Å². The smallest absolute Gasteiger partial charge is 0.110 e. The average Bonchev–Trinajstić information content (AvgIpc) is 2.30. The van der Waals surface area contributed by atoms with Gasteiger partial charge in [-0.1, -0.05) is 26.2 Å². The molecule has 0 aromatic carbocycles. The Bertz CT molecular complexity index is 201. The minimum atomic E-state index is -0.305. The summed E-state index contributed by atoms with van der Waals surface area (Å²) in [5, 5.41) is 9.63. The molecule has 0 saturated heterocycles. The minimum absolute atomic E-state index is 0.0677. The Balaban J connectivity index is 1.72. The topological polar surface area (TPSA) is 38.7 Å². The van der Waals surface area contributed by atoms with E-state index >= 15 is 0 Å². The maximum atomic E-state index is 9.63. The number of aliphatic hydroxyl groups is 1. The Hall–Kier alpha value is -0.120. The van der Waals surface area contributed by atoms with Gasteiger partial charge in [-0.05, 0) is 19.3 Å².